The fourth-order valence-corrected chi connectivity index (χ4v) is 3.39. The van der Waals surface area contributed by atoms with E-state index in [2.05, 4.69) is 5.32 Å². The molecule has 4 N–H and O–H groups in total. The lowest BCUT2D eigenvalue weighted by Gasteiger charge is -2.28. The molecular formula is C14H24N2O3. The van der Waals surface area contributed by atoms with Gasteiger partial charge in [-0.05, 0) is 51.0 Å². The van der Waals surface area contributed by atoms with Gasteiger partial charge in [0.1, 0.15) is 0 Å². The Morgan fingerprint density at radius 2 is 1.79 bits per heavy atom. The predicted molar refractivity (Wildman–Crippen MR) is 71.4 cm³/mol. The van der Waals surface area contributed by atoms with Crippen molar-refractivity contribution in [3.63, 3.8) is 0 Å². The maximum atomic E-state index is 12.2. The van der Waals surface area contributed by atoms with Crippen LogP contribution < -0.4 is 11.1 Å². The number of carbonyl (C=O) groups excluding carboxylic acids is 1. The molecule has 0 saturated heterocycles. The Balaban J connectivity index is 1.82. The van der Waals surface area contributed by atoms with Crippen LogP contribution in [0.1, 0.15) is 44.9 Å². The minimum Gasteiger partial charge on any atom is -0.481 e. The molecule has 2 aliphatic carbocycles. The molecule has 1 amide bonds. The van der Waals surface area contributed by atoms with Crippen LogP contribution in [0.15, 0.2) is 0 Å². The number of nitrogens with one attached hydrogen (secondary N) is 1. The van der Waals surface area contributed by atoms with Crippen molar-refractivity contribution in [3.05, 3.63) is 0 Å². The first-order chi connectivity index (χ1) is 9.11. The lowest BCUT2D eigenvalue weighted by Crippen LogP contribution is -2.43. The van der Waals surface area contributed by atoms with Gasteiger partial charge in [0.15, 0.2) is 0 Å². The van der Waals surface area contributed by atoms with Gasteiger partial charge in [0.25, 0.3) is 0 Å². The van der Waals surface area contributed by atoms with E-state index in [1.54, 1.807) is 0 Å². The molecule has 19 heavy (non-hydrogen) atoms. The number of rotatable bonds is 4. The van der Waals surface area contributed by atoms with E-state index in [-0.39, 0.29) is 17.9 Å². The number of carboxylic acid groups (broad SMARTS) is 1. The van der Waals surface area contributed by atoms with E-state index in [1.165, 1.54) is 0 Å². The van der Waals surface area contributed by atoms with Crippen molar-refractivity contribution >= 4 is 11.9 Å². The maximum Gasteiger partial charge on any atom is 0.308 e. The quantitative estimate of drug-likeness (QED) is 0.712. The van der Waals surface area contributed by atoms with E-state index < -0.39 is 11.9 Å². The largest absolute Gasteiger partial charge is 0.481 e. The molecular weight excluding hydrogens is 244 g/mol. The van der Waals surface area contributed by atoms with Gasteiger partial charge in [-0.3, -0.25) is 9.59 Å². The number of hydrogen-bond donors (Lipinski definition) is 3. The molecule has 2 saturated carbocycles. The second kappa shape index (κ2) is 6.37. The third-order valence-corrected chi connectivity index (χ3v) is 4.71. The van der Waals surface area contributed by atoms with Crippen molar-refractivity contribution in [1.82, 2.24) is 5.32 Å². The number of carbonyl (C=O) groups is 2. The van der Waals surface area contributed by atoms with Gasteiger partial charge in [-0.2, -0.15) is 0 Å². The molecule has 108 valence electrons. The fourth-order valence-electron chi connectivity index (χ4n) is 3.39. The molecule has 2 rings (SSSR count). The molecule has 5 heteroatoms. The van der Waals surface area contributed by atoms with Crippen LogP contribution in [0, 0.1) is 17.8 Å². The number of carboxylic acids is 1. The van der Waals surface area contributed by atoms with E-state index in [0.717, 1.165) is 38.5 Å². The van der Waals surface area contributed by atoms with Crippen LogP contribution >= 0.6 is 0 Å². The molecule has 2 fully saturated rings. The van der Waals surface area contributed by atoms with Crippen LogP contribution in [0.4, 0.5) is 0 Å². The summed E-state index contributed by atoms with van der Waals surface area (Å²) in [6.45, 7) is 0.706. The molecule has 0 heterocycles. The summed E-state index contributed by atoms with van der Waals surface area (Å²) in [5.74, 6) is -0.521. The third-order valence-electron chi connectivity index (χ3n) is 4.71. The Hall–Kier alpha value is -1.10. The Labute approximate surface area is 113 Å². The molecule has 2 aliphatic rings. The van der Waals surface area contributed by atoms with Gasteiger partial charge in [-0.15, -0.1) is 0 Å². The molecule has 0 bridgehead atoms. The SMILES string of the molecule is NCC1CCC(C(=O)NC2CCCC2C(=O)O)CC1. The van der Waals surface area contributed by atoms with Crippen molar-refractivity contribution in [2.24, 2.45) is 23.5 Å². The summed E-state index contributed by atoms with van der Waals surface area (Å²) >= 11 is 0. The number of nitrogens with two attached hydrogens (primary N) is 1. The average Bonchev–Trinajstić information content (AvgIpc) is 2.87. The van der Waals surface area contributed by atoms with Gasteiger partial charge in [0, 0.05) is 12.0 Å². The first-order valence-corrected chi connectivity index (χ1v) is 7.35. The first kappa shape index (κ1) is 14.3. The topological polar surface area (TPSA) is 92.4 Å². The van der Waals surface area contributed by atoms with Gasteiger partial charge in [-0.25, -0.2) is 0 Å². The van der Waals surface area contributed by atoms with Gasteiger partial charge in [0.05, 0.1) is 5.92 Å². The van der Waals surface area contributed by atoms with Gasteiger partial charge in [0.2, 0.25) is 5.91 Å². The van der Waals surface area contributed by atoms with E-state index in [0.29, 0.717) is 18.9 Å². The number of amides is 1. The van der Waals surface area contributed by atoms with Crippen LogP contribution in [-0.4, -0.2) is 29.6 Å². The molecule has 2 unspecified atom stereocenters. The van der Waals surface area contributed by atoms with E-state index in [4.69, 9.17) is 10.8 Å². The summed E-state index contributed by atoms with van der Waals surface area (Å²) in [5, 5.41) is 12.1. The highest BCUT2D eigenvalue weighted by atomic mass is 16.4. The van der Waals surface area contributed by atoms with Crippen molar-refractivity contribution in [3.8, 4) is 0 Å². The Bertz CT molecular complexity index is 338. The third kappa shape index (κ3) is 3.47. The summed E-state index contributed by atoms with van der Waals surface area (Å²) in [4.78, 5) is 23.3. The molecule has 5 nitrogen and oxygen atoms in total. The van der Waals surface area contributed by atoms with Gasteiger partial charge in [-0.1, -0.05) is 6.42 Å². The average molecular weight is 268 g/mol. The molecule has 0 aromatic heterocycles. The highest BCUT2D eigenvalue weighted by molar-refractivity contribution is 5.80. The number of aliphatic carboxylic acids is 1. The minimum absolute atomic E-state index is 0.0496. The number of hydrogen-bond acceptors (Lipinski definition) is 3. The van der Waals surface area contributed by atoms with Crippen molar-refractivity contribution < 1.29 is 14.7 Å². The lowest BCUT2D eigenvalue weighted by molar-refractivity contribution is -0.142. The van der Waals surface area contributed by atoms with Gasteiger partial charge >= 0.3 is 5.97 Å². The second-order valence-electron chi connectivity index (χ2n) is 5.94. The Kier molecular flexibility index (Phi) is 4.80. The van der Waals surface area contributed by atoms with Crippen LogP contribution in [0.3, 0.4) is 0 Å². The standard InChI is InChI=1S/C14H24N2O3/c15-8-9-4-6-10(7-5-9)13(17)16-12-3-1-2-11(12)14(18)19/h9-12H,1-8,15H2,(H,16,17)(H,18,19). The van der Waals surface area contributed by atoms with Crippen molar-refractivity contribution in [2.75, 3.05) is 6.54 Å². The van der Waals surface area contributed by atoms with Crippen LogP contribution in [0.2, 0.25) is 0 Å². The zero-order valence-electron chi connectivity index (χ0n) is 11.3. The summed E-state index contributed by atoms with van der Waals surface area (Å²) < 4.78 is 0. The highest BCUT2D eigenvalue weighted by Crippen LogP contribution is 2.30. The minimum atomic E-state index is -0.783. The fraction of sp³-hybridized carbons (Fsp3) is 0.857. The van der Waals surface area contributed by atoms with E-state index >= 15 is 0 Å². The maximum absolute atomic E-state index is 12.2. The van der Waals surface area contributed by atoms with E-state index in [9.17, 15) is 9.59 Å². The molecule has 0 aromatic carbocycles. The molecule has 0 radical (unpaired) electrons. The van der Waals surface area contributed by atoms with Crippen LogP contribution in [0.25, 0.3) is 0 Å². The zero-order chi connectivity index (χ0) is 13.8. The van der Waals surface area contributed by atoms with Gasteiger partial charge < -0.3 is 16.2 Å². The Morgan fingerprint density at radius 3 is 2.37 bits per heavy atom. The monoisotopic (exact) mass is 268 g/mol. The zero-order valence-corrected chi connectivity index (χ0v) is 11.3. The predicted octanol–water partition coefficient (Wildman–Crippen LogP) is 1.12. The summed E-state index contributed by atoms with van der Waals surface area (Å²) in [6, 6.07) is -0.169. The molecule has 2 atom stereocenters. The summed E-state index contributed by atoms with van der Waals surface area (Å²) in [6.07, 6.45) is 6.17. The summed E-state index contributed by atoms with van der Waals surface area (Å²) in [7, 11) is 0. The second-order valence-corrected chi connectivity index (χ2v) is 5.94. The Morgan fingerprint density at radius 1 is 1.11 bits per heavy atom. The van der Waals surface area contributed by atoms with Crippen molar-refractivity contribution in [2.45, 2.75) is 51.0 Å². The normalized spacial score (nSPS) is 35.0. The van der Waals surface area contributed by atoms with Crippen LogP contribution in [-0.2, 0) is 9.59 Å². The van der Waals surface area contributed by atoms with Crippen LogP contribution in [0.5, 0.6) is 0 Å². The molecule has 0 aliphatic heterocycles. The molecule has 0 spiro atoms. The van der Waals surface area contributed by atoms with E-state index in [1.807, 2.05) is 0 Å². The van der Waals surface area contributed by atoms with Crippen molar-refractivity contribution in [1.29, 1.82) is 0 Å². The summed E-state index contributed by atoms with van der Waals surface area (Å²) in [5.41, 5.74) is 5.64. The first-order valence-electron chi connectivity index (χ1n) is 7.35. The highest BCUT2D eigenvalue weighted by Gasteiger charge is 2.35. The smallest absolute Gasteiger partial charge is 0.308 e. The lowest BCUT2D eigenvalue weighted by atomic mass is 9.81. The molecule has 0 aromatic rings.